The minimum Gasteiger partial charge on any atom is -0.357 e. The Labute approximate surface area is 166 Å². The van der Waals surface area contributed by atoms with Gasteiger partial charge in [-0.15, -0.1) is 0 Å². The summed E-state index contributed by atoms with van der Waals surface area (Å²) in [6.45, 7) is 5.37. The normalized spacial score (nSPS) is 15.6. The number of piperidine rings is 1. The molecule has 7 heteroatoms. The smallest absolute Gasteiger partial charge is 0.296 e. The molecule has 1 aromatic heterocycles. The van der Waals surface area contributed by atoms with Crippen LogP contribution in [0.5, 0.6) is 0 Å². The first-order valence-electron chi connectivity index (χ1n) is 9.53. The van der Waals surface area contributed by atoms with Crippen molar-refractivity contribution in [1.82, 2.24) is 4.98 Å². The molecule has 3 rings (SSSR count). The van der Waals surface area contributed by atoms with Crippen LogP contribution in [0.15, 0.2) is 47.5 Å². The first-order chi connectivity index (χ1) is 13.3. The molecule has 0 saturated carbocycles. The number of benzene rings is 1. The van der Waals surface area contributed by atoms with Crippen LogP contribution in [0.2, 0.25) is 0 Å². The van der Waals surface area contributed by atoms with E-state index in [1.807, 2.05) is 13.0 Å². The Hall–Kier alpha value is -2.25. The third-order valence-electron chi connectivity index (χ3n) is 5.17. The molecule has 1 aromatic carbocycles. The fraction of sp³-hybridized carbons (Fsp3) is 0.429. The van der Waals surface area contributed by atoms with Crippen molar-refractivity contribution >= 4 is 21.7 Å². The lowest BCUT2D eigenvalue weighted by Gasteiger charge is -2.32. The highest BCUT2D eigenvalue weighted by Crippen LogP contribution is 2.25. The van der Waals surface area contributed by atoms with E-state index in [1.165, 1.54) is 6.92 Å². The number of Topliss-reactive ketones (excluding diaryl/α,β-unsaturated/α-hetero) is 1. The number of hydrogen-bond donors (Lipinski definition) is 0. The molecule has 6 nitrogen and oxygen atoms in total. The Morgan fingerprint density at radius 1 is 1.14 bits per heavy atom. The molecule has 0 unspecified atom stereocenters. The Kier molecular flexibility index (Phi) is 6.46. The number of aromatic nitrogens is 1. The first-order valence-corrected chi connectivity index (χ1v) is 10.9. The monoisotopic (exact) mass is 402 g/mol. The number of pyridine rings is 1. The van der Waals surface area contributed by atoms with E-state index in [1.54, 1.807) is 36.5 Å². The van der Waals surface area contributed by atoms with Crippen molar-refractivity contribution in [2.45, 2.75) is 38.0 Å². The Morgan fingerprint density at radius 2 is 1.82 bits per heavy atom. The molecule has 1 aliphatic rings. The summed E-state index contributed by atoms with van der Waals surface area (Å²) in [4.78, 5) is 18.1. The van der Waals surface area contributed by atoms with Crippen molar-refractivity contribution in [3.8, 4) is 0 Å². The highest BCUT2D eigenvalue weighted by Gasteiger charge is 2.22. The van der Waals surface area contributed by atoms with Gasteiger partial charge < -0.3 is 4.90 Å². The predicted molar refractivity (Wildman–Crippen MR) is 108 cm³/mol. The summed E-state index contributed by atoms with van der Waals surface area (Å²) in [6.07, 6.45) is 4.26. The van der Waals surface area contributed by atoms with Gasteiger partial charge in [0, 0.05) is 24.8 Å². The van der Waals surface area contributed by atoms with E-state index in [-0.39, 0.29) is 17.3 Å². The van der Waals surface area contributed by atoms with Gasteiger partial charge in [-0.3, -0.25) is 8.98 Å². The molecule has 150 valence electrons. The van der Waals surface area contributed by atoms with Gasteiger partial charge in [0.15, 0.2) is 5.78 Å². The summed E-state index contributed by atoms with van der Waals surface area (Å²) in [5.41, 5.74) is 1.63. The summed E-state index contributed by atoms with van der Waals surface area (Å²) in [6, 6.07) is 10.4. The summed E-state index contributed by atoms with van der Waals surface area (Å²) in [7, 11) is -3.69. The van der Waals surface area contributed by atoms with Crippen LogP contribution in [0.4, 0.5) is 5.82 Å². The maximum atomic E-state index is 12.2. The predicted octanol–water partition coefficient (Wildman–Crippen LogP) is 3.60. The fourth-order valence-electron chi connectivity index (χ4n) is 3.33. The van der Waals surface area contributed by atoms with Crippen LogP contribution in [0.25, 0.3) is 0 Å². The lowest BCUT2D eigenvalue weighted by molar-refractivity contribution is 0.101. The minimum atomic E-state index is -3.69. The van der Waals surface area contributed by atoms with E-state index < -0.39 is 10.1 Å². The fourth-order valence-corrected chi connectivity index (χ4v) is 4.25. The average molecular weight is 403 g/mol. The molecule has 0 bridgehead atoms. The maximum Gasteiger partial charge on any atom is 0.296 e. The quantitative estimate of drug-likeness (QED) is 0.520. The van der Waals surface area contributed by atoms with Gasteiger partial charge in [0.05, 0.1) is 11.5 Å². The number of carbonyl (C=O) groups is 1. The van der Waals surface area contributed by atoms with Gasteiger partial charge in [0.25, 0.3) is 10.1 Å². The van der Waals surface area contributed by atoms with E-state index in [0.29, 0.717) is 11.5 Å². The van der Waals surface area contributed by atoms with Gasteiger partial charge in [-0.2, -0.15) is 8.42 Å². The second-order valence-electron chi connectivity index (χ2n) is 7.27. The molecule has 0 aliphatic carbocycles. The maximum absolute atomic E-state index is 12.2. The van der Waals surface area contributed by atoms with Gasteiger partial charge in [-0.1, -0.05) is 17.7 Å². The van der Waals surface area contributed by atoms with Crippen LogP contribution >= 0.6 is 0 Å². The number of anilines is 1. The van der Waals surface area contributed by atoms with E-state index in [9.17, 15) is 13.2 Å². The zero-order chi connectivity index (χ0) is 20.1. The average Bonchev–Trinajstić information content (AvgIpc) is 2.69. The van der Waals surface area contributed by atoms with Crippen LogP contribution in [-0.4, -0.2) is 38.9 Å². The first kappa shape index (κ1) is 20.5. The number of ketones is 1. The number of carbonyl (C=O) groups excluding carboxylic acids is 1. The van der Waals surface area contributed by atoms with Crippen LogP contribution in [0, 0.1) is 12.8 Å². The summed E-state index contributed by atoms with van der Waals surface area (Å²) < 4.78 is 29.7. The molecular weight excluding hydrogens is 376 g/mol. The molecule has 0 amide bonds. The largest absolute Gasteiger partial charge is 0.357 e. The lowest BCUT2D eigenvalue weighted by Crippen LogP contribution is -2.34. The molecular formula is C21H26N2O4S. The molecule has 0 radical (unpaired) electrons. The lowest BCUT2D eigenvalue weighted by atomic mass is 9.94. The van der Waals surface area contributed by atoms with Gasteiger partial charge in [-0.05, 0) is 63.3 Å². The van der Waals surface area contributed by atoms with Crippen molar-refractivity contribution < 1.29 is 17.4 Å². The van der Waals surface area contributed by atoms with E-state index in [4.69, 9.17) is 4.18 Å². The molecule has 0 atom stereocenters. The van der Waals surface area contributed by atoms with Crippen molar-refractivity contribution in [1.29, 1.82) is 0 Å². The third kappa shape index (κ3) is 5.17. The van der Waals surface area contributed by atoms with Gasteiger partial charge >= 0.3 is 0 Å². The highest BCUT2D eigenvalue weighted by atomic mass is 32.2. The van der Waals surface area contributed by atoms with E-state index in [0.717, 1.165) is 43.7 Å². The minimum absolute atomic E-state index is 0.0124. The molecule has 2 aromatic rings. The molecule has 2 heterocycles. The van der Waals surface area contributed by atoms with Gasteiger partial charge in [-0.25, -0.2) is 4.98 Å². The molecule has 28 heavy (non-hydrogen) atoms. The standard InChI is InChI=1S/C21H26N2O4S/c1-16-3-6-20(7-4-16)28(25,26)27-14-11-18-9-12-23(13-10-18)21-8-5-19(15-22-21)17(2)24/h3-8,15,18H,9-14H2,1-2H3. The number of nitrogens with zero attached hydrogens (tertiary/aromatic N) is 2. The zero-order valence-corrected chi connectivity index (χ0v) is 17.1. The van der Waals surface area contributed by atoms with Crippen molar-refractivity contribution in [3.05, 3.63) is 53.7 Å². The van der Waals surface area contributed by atoms with Crippen LogP contribution in [0.1, 0.15) is 42.1 Å². The second kappa shape index (κ2) is 8.84. The number of hydrogen-bond acceptors (Lipinski definition) is 6. The summed E-state index contributed by atoms with van der Waals surface area (Å²) >= 11 is 0. The summed E-state index contributed by atoms with van der Waals surface area (Å²) in [5.74, 6) is 1.32. The van der Waals surface area contributed by atoms with Crippen LogP contribution in [0.3, 0.4) is 0 Å². The highest BCUT2D eigenvalue weighted by molar-refractivity contribution is 7.86. The van der Waals surface area contributed by atoms with Gasteiger partial charge in [0.1, 0.15) is 5.82 Å². The topological polar surface area (TPSA) is 76.6 Å². The molecule has 0 N–H and O–H groups in total. The third-order valence-corrected chi connectivity index (χ3v) is 6.49. The van der Waals surface area contributed by atoms with Gasteiger partial charge in [0.2, 0.25) is 0 Å². The Morgan fingerprint density at radius 3 is 2.39 bits per heavy atom. The van der Waals surface area contributed by atoms with E-state index >= 15 is 0 Å². The Balaban J connectivity index is 1.45. The van der Waals surface area contributed by atoms with Crippen LogP contribution in [-0.2, 0) is 14.3 Å². The Bertz CT molecular complexity index is 900. The number of rotatable bonds is 7. The molecule has 0 spiro atoms. The SMILES string of the molecule is CC(=O)c1ccc(N2CCC(CCOS(=O)(=O)c3ccc(C)cc3)CC2)nc1. The van der Waals surface area contributed by atoms with Crippen molar-refractivity contribution in [3.63, 3.8) is 0 Å². The molecule has 1 aliphatic heterocycles. The molecule has 1 saturated heterocycles. The summed E-state index contributed by atoms with van der Waals surface area (Å²) in [5, 5.41) is 0. The zero-order valence-electron chi connectivity index (χ0n) is 16.3. The van der Waals surface area contributed by atoms with Crippen molar-refractivity contribution in [2.24, 2.45) is 5.92 Å². The van der Waals surface area contributed by atoms with Crippen molar-refractivity contribution in [2.75, 3.05) is 24.6 Å². The number of aryl methyl sites for hydroxylation is 1. The second-order valence-corrected chi connectivity index (χ2v) is 8.88. The molecule has 1 fully saturated rings. The van der Waals surface area contributed by atoms with E-state index in [2.05, 4.69) is 9.88 Å². The van der Waals surface area contributed by atoms with Crippen LogP contribution < -0.4 is 4.90 Å².